The normalized spacial score (nSPS) is 15.4. The lowest BCUT2D eigenvalue weighted by Crippen LogP contribution is -2.34. The molecular formula is C18H28N2O2. The number of rotatable bonds is 7. The van der Waals surface area contributed by atoms with Crippen LogP contribution < -0.4 is 10.1 Å². The summed E-state index contributed by atoms with van der Waals surface area (Å²) in [5.41, 5.74) is 1.26. The van der Waals surface area contributed by atoms with Crippen molar-refractivity contribution in [1.82, 2.24) is 10.2 Å². The van der Waals surface area contributed by atoms with Crippen molar-refractivity contribution in [3.05, 3.63) is 29.8 Å². The molecule has 1 N–H and O–H groups in total. The van der Waals surface area contributed by atoms with Crippen molar-refractivity contribution in [3.8, 4) is 5.75 Å². The maximum absolute atomic E-state index is 12.1. The highest BCUT2D eigenvalue weighted by Gasteiger charge is 2.14. The van der Waals surface area contributed by atoms with E-state index >= 15 is 0 Å². The number of carbonyl (C=O) groups excluding carboxylic acids is 1. The molecule has 1 amide bonds. The summed E-state index contributed by atoms with van der Waals surface area (Å²) in [6.07, 6.45) is 6.42. The van der Waals surface area contributed by atoms with Crippen molar-refractivity contribution in [2.75, 3.05) is 33.3 Å². The molecule has 0 bridgehead atoms. The topological polar surface area (TPSA) is 41.6 Å². The van der Waals surface area contributed by atoms with Crippen LogP contribution in [0.2, 0.25) is 0 Å². The summed E-state index contributed by atoms with van der Waals surface area (Å²) in [6.45, 7) is 3.55. The molecule has 4 heteroatoms. The quantitative estimate of drug-likeness (QED) is 0.787. The molecule has 1 aromatic rings. The highest BCUT2D eigenvalue weighted by Crippen LogP contribution is 2.12. The molecule has 1 aliphatic rings. The van der Waals surface area contributed by atoms with Crippen molar-refractivity contribution >= 4 is 5.91 Å². The Balaban J connectivity index is 1.61. The van der Waals surface area contributed by atoms with Crippen LogP contribution in [0.15, 0.2) is 24.3 Å². The molecule has 1 heterocycles. The van der Waals surface area contributed by atoms with Gasteiger partial charge in [-0.1, -0.05) is 25.0 Å². The third-order valence-electron chi connectivity index (χ3n) is 4.20. The van der Waals surface area contributed by atoms with E-state index in [1.165, 1.54) is 18.4 Å². The molecule has 0 unspecified atom stereocenters. The Kier molecular flexibility index (Phi) is 7.23. The molecular weight excluding hydrogens is 276 g/mol. The Hall–Kier alpha value is -1.55. The van der Waals surface area contributed by atoms with E-state index in [0.717, 1.165) is 51.2 Å². The molecule has 4 nitrogen and oxygen atoms in total. The number of benzene rings is 1. The Morgan fingerprint density at radius 1 is 1.18 bits per heavy atom. The van der Waals surface area contributed by atoms with Gasteiger partial charge in [0, 0.05) is 26.1 Å². The Bertz CT molecular complexity index is 454. The van der Waals surface area contributed by atoms with Crippen molar-refractivity contribution in [3.63, 3.8) is 0 Å². The van der Waals surface area contributed by atoms with Crippen LogP contribution in [0.1, 0.15) is 37.7 Å². The van der Waals surface area contributed by atoms with Gasteiger partial charge in [-0.3, -0.25) is 4.79 Å². The van der Waals surface area contributed by atoms with Gasteiger partial charge in [0.15, 0.2) is 0 Å². The third kappa shape index (κ3) is 5.68. The zero-order valence-corrected chi connectivity index (χ0v) is 13.6. The molecule has 1 fully saturated rings. The molecule has 0 atom stereocenters. The molecule has 1 aliphatic heterocycles. The first kappa shape index (κ1) is 16.8. The van der Waals surface area contributed by atoms with Gasteiger partial charge in [0.05, 0.1) is 7.11 Å². The number of carbonyl (C=O) groups is 1. The molecule has 2 rings (SSSR count). The van der Waals surface area contributed by atoms with Gasteiger partial charge < -0.3 is 15.0 Å². The zero-order chi connectivity index (χ0) is 15.6. The number of nitrogens with one attached hydrogen (secondary N) is 1. The van der Waals surface area contributed by atoms with E-state index in [-0.39, 0.29) is 0 Å². The summed E-state index contributed by atoms with van der Waals surface area (Å²) in [7, 11) is 1.69. The van der Waals surface area contributed by atoms with Gasteiger partial charge in [-0.15, -0.1) is 0 Å². The predicted molar refractivity (Wildman–Crippen MR) is 89.2 cm³/mol. The molecule has 0 aromatic heterocycles. The van der Waals surface area contributed by atoms with Crippen LogP contribution in [0.25, 0.3) is 0 Å². The minimum Gasteiger partial charge on any atom is -0.497 e. The summed E-state index contributed by atoms with van der Waals surface area (Å²) in [5, 5.41) is 3.37. The largest absolute Gasteiger partial charge is 0.497 e. The van der Waals surface area contributed by atoms with Crippen LogP contribution >= 0.6 is 0 Å². The predicted octanol–water partition coefficient (Wildman–Crippen LogP) is 2.62. The lowest BCUT2D eigenvalue weighted by molar-refractivity contribution is -0.131. The van der Waals surface area contributed by atoms with Crippen molar-refractivity contribution in [1.29, 1.82) is 0 Å². The van der Waals surface area contributed by atoms with E-state index in [4.69, 9.17) is 4.74 Å². The monoisotopic (exact) mass is 304 g/mol. The average Bonchev–Trinajstić information content (AvgIpc) is 2.84. The first-order chi connectivity index (χ1) is 10.8. The van der Waals surface area contributed by atoms with E-state index in [2.05, 4.69) is 17.4 Å². The van der Waals surface area contributed by atoms with Crippen molar-refractivity contribution < 1.29 is 9.53 Å². The summed E-state index contributed by atoms with van der Waals surface area (Å²) in [4.78, 5) is 14.2. The lowest BCUT2D eigenvalue weighted by atomic mass is 10.1. The van der Waals surface area contributed by atoms with Crippen LogP contribution in [0, 0.1) is 0 Å². The van der Waals surface area contributed by atoms with E-state index in [1.54, 1.807) is 7.11 Å². The SMILES string of the molecule is COc1cccc(CCNCCC(=O)N2CCCCCC2)c1. The highest BCUT2D eigenvalue weighted by molar-refractivity contribution is 5.76. The first-order valence-electron chi connectivity index (χ1n) is 8.41. The molecule has 22 heavy (non-hydrogen) atoms. The Morgan fingerprint density at radius 2 is 1.95 bits per heavy atom. The molecule has 0 spiro atoms. The van der Waals surface area contributed by atoms with Crippen LogP contribution in [0.4, 0.5) is 0 Å². The van der Waals surface area contributed by atoms with Crippen LogP contribution in [-0.4, -0.2) is 44.1 Å². The van der Waals surface area contributed by atoms with Gasteiger partial charge in [-0.25, -0.2) is 0 Å². The number of hydrogen-bond donors (Lipinski definition) is 1. The van der Waals surface area contributed by atoms with Gasteiger partial charge in [-0.2, -0.15) is 0 Å². The van der Waals surface area contributed by atoms with Gasteiger partial charge in [0.2, 0.25) is 5.91 Å². The number of hydrogen-bond acceptors (Lipinski definition) is 3. The van der Waals surface area contributed by atoms with E-state index in [1.807, 2.05) is 17.0 Å². The maximum atomic E-state index is 12.1. The van der Waals surface area contributed by atoms with Gasteiger partial charge in [-0.05, 0) is 43.5 Å². The Morgan fingerprint density at radius 3 is 2.68 bits per heavy atom. The number of methoxy groups -OCH3 is 1. The molecule has 122 valence electrons. The van der Waals surface area contributed by atoms with Gasteiger partial charge in [0.25, 0.3) is 0 Å². The Labute approximate surface area is 133 Å². The number of ether oxygens (including phenoxy) is 1. The van der Waals surface area contributed by atoms with Crippen LogP contribution in [-0.2, 0) is 11.2 Å². The second-order valence-electron chi connectivity index (χ2n) is 5.90. The summed E-state index contributed by atoms with van der Waals surface area (Å²) in [6, 6.07) is 8.13. The summed E-state index contributed by atoms with van der Waals surface area (Å²) in [5.74, 6) is 1.20. The smallest absolute Gasteiger partial charge is 0.223 e. The third-order valence-corrected chi connectivity index (χ3v) is 4.20. The van der Waals surface area contributed by atoms with Gasteiger partial charge >= 0.3 is 0 Å². The second kappa shape index (κ2) is 9.46. The van der Waals surface area contributed by atoms with Gasteiger partial charge in [0.1, 0.15) is 5.75 Å². The second-order valence-corrected chi connectivity index (χ2v) is 5.90. The standard InChI is InChI=1S/C18H28N2O2/c1-22-17-8-6-7-16(15-17)9-11-19-12-10-18(21)20-13-4-2-3-5-14-20/h6-8,15,19H,2-5,9-14H2,1H3. The molecule has 0 aliphatic carbocycles. The van der Waals surface area contributed by atoms with E-state index in [0.29, 0.717) is 12.3 Å². The fourth-order valence-electron chi connectivity index (χ4n) is 2.86. The minimum atomic E-state index is 0.302. The fraction of sp³-hybridized carbons (Fsp3) is 0.611. The minimum absolute atomic E-state index is 0.302. The van der Waals surface area contributed by atoms with E-state index < -0.39 is 0 Å². The lowest BCUT2D eigenvalue weighted by Gasteiger charge is -2.20. The summed E-state index contributed by atoms with van der Waals surface area (Å²) >= 11 is 0. The maximum Gasteiger partial charge on any atom is 0.223 e. The van der Waals surface area contributed by atoms with Crippen molar-refractivity contribution in [2.24, 2.45) is 0 Å². The van der Waals surface area contributed by atoms with Crippen LogP contribution in [0.3, 0.4) is 0 Å². The molecule has 1 saturated heterocycles. The number of likely N-dealkylation sites (tertiary alicyclic amines) is 1. The van der Waals surface area contributed by atoms with Crippen molar-refractivity contribution in [2.45, 2.75) is 38.5 Å². The number of amides is 1. The van der Waals surface area contributed by atoms with Crippen LogP contribution in [0.5, 0.6) is 5.75 Å². The highest BCUT2D eigenvalue weighted by atomic mass is 16.5. The average molecular weight is 304 g/mol. The molecule has 0 saturated carbocycles. The summed E-state index contributed by atoms with van der Waals surface area (Å²) < 4.78 is 5.22. The van der Waals surface area contributed by atoms with E-state index in [9.17, 15) is 4.79 Å². The first-order valence-corrected chi connectivity index (χ1v) is 8.41. The molecule has 0 radical (unpaired) electrons. The number of nitrogens with zero attached hydrogens (tertiary/aromatic N) is 1. The molecule has 1 aromatic carbocycles. The fourth-order valence-corrected chi connectivity index (χ4v) is 2.86. The zero-order valence-electron chi connectivity index (χ0n) is 13.6.